The van der Waals surface area contributed by atoms with Crippen LogP contribution in [0.4, 0.5) is 0 Å². The molecule has 1 N–H and O–H groups in total. The maximum atomic E-state index is 11.5. The molecule has 0 aromatic heterocycles. The Labute approximate surface area is 321 Å². The average Bonchev–Trinajstić information content (AvgIpc) is 3.30. The Hall–Kier alpha value is -0.249. The van der Waals surface area contributed by atoms with Gasteiger partial charge in [-0.1, -0.05) is 112 Å². The molecule has 0 saturated heterocycles. The first-order valence-electron chi connectivity index (χ1n) is 21.1. The van der Waals surface area contributed by atoms with E-state index in [0.29, 0.717) is 11.3 Å². The number of allylic oxidation sites excluding steroid dienone is 3. The first-order valence-corrected chi connectivity index (χ1v) is 29.9. The molecule has 296 valence electrons. The second kappa shape index (κ2) is 16.5. The molecule has 0 aliphatic heterocycles. The van der Waals surface area contributed by atoms with Gasteiger partial charge in [-0.3, -0.25) is 0 Å². The smallest absolute Gasteiger partial charge is 0.192 e. The number of hydrogen-bond donors (Lipinski definition) is 1. The molecule has 0 bridgehead atoms. The highest BCUT2D eigenvalue weighted by molar-refractivity contribution is 6.74. The van der Waals surface area contributed by atoms with E-state index in [9.17, 15) is 4.80 Å². The van der Waals surface area contributed by atoms with E-state index in [0.717, 1.165) is 56.0 Å². The van der Waals surface area contributed by atoms with Gasteiger partial charge in [-0.2, -0.15) is 0 Å². The Balaban J connectivity index is 2.03. The van der Waals surface area contributed by atoms with Gasteiger partial charge in [0, 0.05) is 6.61 Å². The van der Waals surface area contributed by atoms with Crippen molar-refractivity contribution in [2.45, 2.75) is 208 Å². The van der Waals surface area contributed by atoms with Gasteiger partial charge in [0.15, 0.2) is 25.0 Å². The minimum Gasteiger partial charge on any atom is -0.432 e. The molecular weight excluding hydrogens is 673 g/mol. The van der Waals surface area contributed by atoms with E-state index in [1.807, 2.05) is 0 Å². The fourth-order valence-corrected chi connectivity index (χ4v) is 12.5. The summed E-state index contributed by atoms with van der Waals surface area (Å²) in [6.45, 7) is 43.4. The highest BCUT2D eigenvalue weighted by Crippen LogP contribution is 2.60. The molecule has 3 saturated carbocycles. The van der Waals surface area contributed by atoms with Crippen LogP contribution in [0.15, 0.2) is 34.9 Å². The summed E-state index contributed by atoms with van der Waals surface area (Å²) < 4.78 is 14.1. The molecule has 0 aromatic carbocycles. The lowest BCUT2D eigenvalue weighted by Gasteiger charge is -2.46. The lowest BCUT2D eigenvalue weighted by Crippen LogP contribution is -2.47. The molecule has 6 atom stereocenters. The van der Waals surface area contributed by atoms with Crippen LogP contribution in [-0.2, 0) is 8.85 Å². The fraction of sp³-hybridized carbons (Fsp3) is 0.867. The lowest BCUT2D eigenvalue weighted by molar-refractivity contribution is 0.0893. The van der Waals surface area contributed by atoms with E-state index in [2.05, 4.69) is 141 Å². The van der Waals surface area contributed by atoms with Crippen LogP contribution in [0.3, 0.4) is 0 Å². The predicted octanol–water partition coefficient (Wildman–Crippen LogP) is 14.2. The lowest BCUT2D eigenvalue weighted by atomic mass is 9.60. The maximum absolute atomic E-state index is 11.5. The van der Waals surface area contributed by atoms with Gasteiger partial charge < -0.3 is 13.6 Å². The number of rotatable bonds is 13. The summed E-state index contributed by atoms with van der Waals surface area (Å²) in [4.78, 5) is 11.5. The molecule has 0 heterocycles. The van der Waals surface area contributed by atoms with Crippen LogP contribution in [0.2, 0.25) is 54.4 Å². The van der Waals surface area contributed by atoms with Crippen molar-refractivity contribution >= 4 is 25.0 Å². The zero-order valence-electron chi connectivity index (χ0n) is 37.2. The summed E-state index contributed by atoms with van der Waals surface area (Å²) in [7, 11) is -6.28. The van der Waals surface area contributed by atoms with Crippen LogP contribution >= 0.6 is 0 Å². The summed E-state index contributed by atoms with van der Waals surface area (Å²) in [6.07, 6.45) is 19.9. The van der Waals surface area contributed by atoms with Gasteiger partial charge in [0.25, 0.3) is 0 Å². The van der Waals surface area contributed by atoms with Gasteiger partial charge >= 0.3 is 0 Å². The number of hydrogen-bond acceptors (Lipinski definition) is 3. The minimum atomic E-state index is -2.41. The van der Waals surface area contributed by atoms with E-state index in [1.54, 1.807) is 11.1 Å². The van der Waals surface area contributed by atoms with Gasteiger partial charge in [0.2, 0.25) is 0 Å². The molecular formula is C45H86O3Si3. The van der Waals surface area contributed by atoms with Crippen molar-refractivity contribution in [1.29, 1.82) is 0 Å². The number of fused-ring (bicyclic) bond motifs is 1. The van der Waals surface area contributed by atoms with Crippen LogP contribution in [0.25, 0.3) is 0 Å². The van der Waals surface area contributed by atoms with Crippen LogP contribution in [0.1, 0.15) is 147 Å². The van der Waals surface area contributed by atoms with E-state index >= 15 is 0 Å². The Kier molecular flexibility index (Phi) is 14.6. The normalized spacial score (nSPS) is 30.5. The molecule has 3 fully saturated rings. The van der Waals surface area contributed by atoms with Gasteiger partial charge in [-0.25, -0.2) is 0 Å². The SMILES string of the molecule is CC(C)C[C@H](C)C1CCC2/C(=C/C=C3\C[C@@H](CC(C)(C)[Si](C)(C)O)/C(=C/CCO[Si](C)(C)C(C)(C)C)[C@H](O[Si](C)(C)C(C)(C)C)C3)CCC[C@@]21C. The molecule has 3 aliphatic rings. The second-order valence-electron chi connectivity index (χ2n) is 22.5. The fourth-order valence-electron chi connectivity index (χ4n) is 9.37. The van der Waals surface area contributed by atoms with Crippen molar-refractivity contribution in [3.63, 3.8) is 0 Å². The van der Waals surface area contributed by atoms with Crippen LogP contribution in [0, 0.1) is 35.0 Å². The van der Waals surface area contributed by atoms with Crippen LogP contribution in [-0.4, -0.2) is 42.5 Å². The second-order valence-corrected chi connectivity index (χ2v) is 36.5. The molecule has 0 spiro atoms. The third kappa shape index (κ3) is 11.0. The highest BCUT2D eigenvalue weighted by Gasteiger charge is 2.51. The molecule has 51 heavy (non-hydrogen) atoms. The zero-order chi connectivity index (χ0) is 39.0. The predicted molar refractivity (Wildman–Crippen MR) is 232 cm³/mol. The summed E-state index contributed by atoms with van der Waals surface area (Å²) in [6, 6.07) is 0. The molecule has 3 nitrogen and oxygen atoms in total. The summed E-state index contributed by atoms with van der Waals surface area (Å²) in [5, 5.41) is 0.242. The molecule has 3 aliphatic carbocycles. The van der Waals surface area contributed by atoms with Crippen LogP contribution < -0.4 is 0 Å². The molecule has 0 radical (unpaired) electrons. The Morgan fingerprint density at radius 1 is 0.863 bits per heavy atom. The summed E-state index contributed by atoms with van der Waals surface area (Å²) >= 11 is 0. The van der Waals surface area contributed by atoms with Crippen molar-refractivity contribution in [2.75, 3.05) is 6.61 Å². The van der Waals surface area contributed by atoms with Crippen LogP contribution in [0.5, 0.6) is 0 Å². The van der Waals surface area contributed by atoms with Crippen molar-refractivity contribution in [1.82, 2.24) is 0 Å². The first-order chi connectivity index (χ1) is 23.0. The van der Waals surface area contributed by atoms with E-state index < -0.39 is 25.0 Å². The molecule has 6 heteroatoms. The van der Waals surface area contributed by atoms with Gasteiger partial charge in [-0.05, 0) is 159 Å². The standard InChI is InChI=1S/C45H86O3Si3/c1-33(2)29-34(3)39-25-26-40-36(21-19-27-45(39,40)12)24-23-35-30-37(32-44(10,11)49(13,14)46)38(22-20-28-47-50(15,16)42(4,5)6)41(31-35)48-51(17,18)43(7,8)9/h22-24,33-34,37,39-41,46H,19-21,25-32H2,1-18H3/b35-23+,36-24+,38-22-/t34-,37-,39?,40?,41+,45+/m0/s1. The van der Waals surface area contributed by atoms with Gasteiger partial charge in [0.1, 0.15) is 0 Å². The van der Waals surface area contributed by atoms with E-state index in [1.165, 1.54) is 44.1 Å². The van der Waals surface area contributed by atoms with Gasteiger partial charge in [-0.15, -0.1) is 0 Å². The molecule has 3 rings (SSSR count). The van der Waals surface area contributed by atoms with Crippen molar-refractivity contribution in [2.24, 2.45) is 35.0 Å². The minimum absolute atomic E-state index is 0.0887. The third-order valence-electron chi connectivity index (χ3n) is 15.3. The first kappa shape index (κ1) is 45.1. The topological polar surface area (TPSA) is 38.7 Å². The zero-order valence-corrected chi connectivity index (χ0v) is 40.2. The molecule has 0 amide bonds. The quantitative estimate of drug-likeness (QED) is 0.115. The maximum Gasteiger partial charge on any atom is 0.192 e. The molecule has 0 aromatic rings. The summed E-state index contributed by atoms with van der Waals surface area (Å²) in [5.74, 6) is 3.54. The van der Waals surface area contributed by atoms with Crippen molar-refractivity contribution < 1.29 is 13.6 Å². The third-order valence-corrected chi connectivity index (χ3v) is 27.9. The molecule has 2 unspecified atom stereocenters. The van der Waals surface area contributed by atoms with Crippen molar-refractivity contribution in [3.8, 4) is 0 Å². The monoisotopic (exact) mass is 759 g/mol. The van der Waals surface area contributed by atoms with Crippen molar-refractivity contribution in [3.05, 3.63) is 34.9 Å². The summed E-state index contributed by atoms with van der Waals surface area (Å²) in [5.41, 5.74) is 5.21. The Bertz CT molecular complexity index is 1210. The van der Waals surface area contributed by atoms with Gasteiger partial charge in [0.05, 0.1) is 6.10 Å². The largest absolute Gasteiger partial charge is 0.432 e. The Morgan fingerprint density at radius 2 is 1.47 bits per heavy atom. The average molecular weight is 759 g/mol. The van der Waals surface area contributed by atoms with E-state index in [4.69, 9.17) is 8.85 Å². The highest BCUT2D eigenvalue weighted by atomic mass is 28.4. The Morgan fingerprint density at radius 3 is 2.02 bits per heavy atom. The van der Waals surface area contributed by atoms with E-state index in [-0.39, 0.29) is 21.2 Å².